The topological polar surface area (TPSA) is 68.2 Å². The summed E-state index contributed by atoms with van der Waals surface area (Å²) in [5.74, 6) is 0.890. The Morgan fingerprint density at radius 3 is 2.79 bits per heavy atom. The summed E-state index contributed by atoms with van der Waals surface area (Å²) < 4.78 is 6.40. The van der Waals surface area contributed by atoms with Crippen molar-refractivity contribution < 1.29 is 4.42 Å². The highest BCUT2D eigenvalue weighted by Gasteiger charge is 2.24. The molecule has 7 heteroatoms. The second kappa shape index (κ2) is 6.40. The monoisotopic (exact) mass is 298 g/mol. The fourth-order valence-corrected chi connectivity index (χ4v) is 3.72. The van der Waals surface area contributed by atoms with Gasteiger partial charge in [0.15, 0.2) is 4.34 Å². The van der Waals surface area contributed by atoms with Crippen LogP contribution in [0.3, 0.4) is 0 Å². The Bertz CT molecular complexity index is 498. The molecule has 0 bridgehead atoms. The number of hydrogen-bond acceptors (Lipinski definition) is 7. The Morgan fingerprint density at radius 2 is 2.26 bits per heavy atom. The van der Waals surface area contributed by atoms with Crippen LogP contribution < -0.4 is 10.6 Å². The number of anilines is 1. The Labute approximate surface area is 121 Å². The molecule has 0 amide bonds. The Hall–Kier alpha value is -1.05. The molecule has 2 aromatic rings. The van der Waals surface area contributed by atoms with Crippen LogP contribution in [0.5, 0.6) is 0 Å². The molecule has 5 nitrogen and oxygen atoms in total. The smallest absolute Gasteiger partial charge is 0.208 e. The molecule has 0 aliphatic rings. The predicted molar refractivity (Wildman–Crippen MR) is 79.8 cm³/mol. The zero-order valence-electron chi connectivity index (χ0n) is 11.2. The van der Waals surface area contributed by atoms with Gasteiger partial charge in [-0.3, -0.25) is 0 Å². The van der Waals surface area contributed by atoms with Crippen molar-refractivity contribution in [3.63, 3.8) is 0 Å². The molecule has 104 valence electrons. The van der Waals surface area contributed by atoms with Gasteiger partial charge in [-0.2, -0.15) is 0 Å². The lowest BCUT2D eigenvalue weighted by atomic mass is 10.1. The lowest BCUT2D eigenvalue weighted by Crippen LogP contribution is -2.25. The number of aromatic nitrogens is 2. The molecule has 2 atom stereocenters. The highest BCUT2D eigenvalue weighted by molar-refractivity contribution is 8.01. The van der Waals surface area contributed by atoms with E-state index in [4.69, 9.17) is 10.2 Å². The van der Waals surface area contributed by atoms with Gasteiger partial charge in [0, 0.05) is 20.1 Å². The third-order valence-electron chi connectivity index (χ3n) is 2.69. The van der Waals surface area contributed by atoms with E-state index in [9.17, 15) is 0 Å². The van der Waals surface area contributed by atoms with E-state index in [1.165, 1.54) is 0 Å². The van der Waals surface area contributed by atoms with Gasteiger partial charge in [-0.25, -0.2) is 0 Å². The van der Waals surface area contributed by atoms with E-state index in [0.29, 0.717) is 0 Å². The Morgan fingerprint density at radius 1 is 1.47 bits per heavy atom. The van der Waals surface area contributed by atoms with E-state index < -0.39 is 0 Å². The fraction of sp³-hybridized carbons (Fsp3) is 0.500. The van der Waals surface area contributed by atoms with Crippen LogP contribution in [0.2, 0.25) is 0 Å². The lowest BCUT2D eigenvalue weighted by Gasteiger charge is -2.18. The molecule has 19 heavy (non-hydrogen) atoms. The molecule has 2 heterocycles. The van der Waals surface area contributed by atoms with Crippen molar-refractivity contribution in [3.05, 3.63) is 24.2 Å². The van der Waals surface area contributed by atoms with Crippen LogP contribution in [0, 0.1) is 0 Å². The molecule has 2 N–H and O–H groups in total. The predicted octanol–water partition coefficient (Wildman–Crippen LogP) is 2.77. The van der Waals surface area contributed by atoms with Crippen molar-refractivity contribution in [2.24, 2.45) is 5.73 Å². The molecule has 0 aliphatic heterocycles. The first-order valence-corrected chi connectivity index (χ1v) is 7.78. The van der Waals surface area contributed by atoms with Crippen molar-refractivity contribution in [1.82, 2.24) is 10.2 Å². The van der Waals surface area contributed by atoms with Gasteiger partial charge in [0.05, 0.1) is 11.5 Å². The number of hydrogen-bond donors (Lipinski definition) is 1. The van der Waals surface area contributed by atoms with Gasteiger partial charge in [-0.15, -0.1) is 10.2 Å². The van der Waals surface area contributed by atoms with Crippen LogP contribution in [0.1, 0.15) is 24.4 Å². The molecule has 0 radical (unpaired) electrons. The molecular weight excluding hydrogens is 280 g/mol. The van der Waals surface area contributed by atoms with Crippen molar-refractivity contribution in [1.29, 1.82) is 0 Å². The summed E-state index contributed by atoms with van der Waals surface area (Å²) in [4.78, 5) is 1.95. The fourth-order valence-electron chi connectivity index (χ4n) is 1.56. The summed E-state index contributed by atoms with van der Waals surface area (Å²) in [6, 6.07) is 3.88. The number of furan rings is 1. The van der Waals surface area contributed by atoms with E-state index in [1.54, 1.807) is 29.4 Å². The SMILES string of the molecule is CCC(N)C(Sc1nnc(N(C)C)s1)c1ccco1. The second-order valence-corrected chi connectivity index (χ2v) is 6.72. The number of nitrogens with zero attached hydrogens (tertiary/aromatic N) is 3. The van der Waals surface area contributed by atoms with Crippen LogP contribution in [0.25, 0.3) is 0 Å². The standard InChI is InChI=1S/C12H18N4OS2/c1-4-8(13)10(9-6-5-7-17-9)18-12-15-14-11(19-12)16(2)3/h5-8,10H,4,13H2,1-3H3. The molecule has 2 aromatic heterocycles. The van der Waals surface area contributed by atoms with Crippen LogP contribution in [-0.2, 0) is 0 Å². The average Bonchev–Trinajstić information content (AvgIpc) is 3.05. The number of thioether (sulfide) groups is 1. The van der Waals surface area contributed by atoms with E-state index in [1.807, 2.05) is 31.1 Å². The minimum absolute atomic E-state index is 0.0304. The highest BCUT2D eigenvalue weighted by Crippen LogP contribution is 2.40. The molecule has 0 fully saturated rings. The van der Waals surface area contributed by atoms with Gasteiger partial charge in [0.2, 0.25) is 5.13 Å². The number of rotatable bonds is 6. The van der Waals surface area contributed by atoms with E-state index in [2.05, 4.69) is 17.1 Å². The quantitative estimate of drug-likeness (QED) is 0.827. The van der Waals surface area contributed by atoms with Gasteiger partial charge >= 0.3 is 0 Å². The molecule has 0 saturated heterocycles. The molecule has 2 rings (SSSR count). The summed E-state index contributed by atoms with van der Waals surface area (Å²) in [6.45, 7) is 2.08. The van der Waals surface area contributed by atoms with Crippen LogP contribution >= 0.6 is 23.1 Å². The van der Waals surface area contributed by atoms with Crippen LogP contribution in [0.15, 0.2) is 27.2 Å². The average molecular weight is 298 g/mol. The molecule has 0 aliphatic carbocycles. The molecule has 0 aromatic carbocycles. The largest absolute Gasteiger partial charge is 0.468 e. The summed E-state index contributed by atoms with van der Waals surface area (Å²) in [7, 11) is 3.91. The van der Waals surface area contributed by atoms with E-state index in [0.717, 1.165) is 21.7 Å². The first-order chi connectivity index (χ1) is 9.11. The van der Waals surface area contributed by atoms with Crippen molar-refractivity contribution >= 4 is 28.2 Å². The van der Waals surface area contributed by atoms with Crippen molar-refractivity contribution in [3.8, 4) is 0 Å². The maximum atomic E-state index is 6.19. The zero-order valence-corrected chi connectivity index (χ0v) is 12.9. The van der Waals surface area contributed by atoms with E-state index in [-0.39, 0.29) is 11.3 Å². The summed E-state index contributed by atoms with van der Waals surface area (Å²) >= 11 is 3.18. The maximum Gasteiger partial charge on any atom is 0.208 e. The number of nitrogens with two attached hydrogens (primary N) is 1. The molecular formula is C12H18N4OS2. The molecule has 0 saturated carbocycles. The lowest BCUT2D eigenvalue weighted by molar-refractivity contribution is 0.474. The van der Waals surface area contributed by atoms with Crippen LogP contribution in [-0.4, -0.2) is 30.3 Å². The normalized spacial score (nSPS) is 14.3. The molecule has 0 spiro atoms. The van der Waals surface area contributed by atoms with Gasteiger partial charge in [0.25, 0.3) is 0 Å². The second-order valence-electron chi connectivity index (χ2n) is 4.37. The Balaban J connectivity index is 2.15. The minimum atomic E-state index is 0.0304. The zero-order chi connectivity index (χ0) is 13.8. The van der Waals surface area contributed by atoms with Crippen molar-refractivity contribution in [2.75, 3.05) is 19.0 Å². The summed E-state index contributed by atoms with van der Waals surface area (Å²) in [6.07, 6.45) is 2.56. The van der Waals surface area contributed by atoms with Crippen LogP contribution in [0.4, 0.5) is 5.13 Å². The minimum Gasteiger partial charge on any atom is -0.468 e. The van der Waals surface area contributed by atoms with Gasteiger partial charge in [-0.1, -0.05) is 30.0 Å². The van der Waals surface area contributed by atoms with Gasteiger partial charge in [0.1, 0.15) is 5.76 Å². The van der Waals surface area contributed by atoms with Gasteiger partial charge < -0.3 is 15.1 Å². The summed E-state index contributed by atoms with van der Waals surface area (Å²) in [5.41, 5.74) is 6.19. The third kappa shape index (κ3) is 3.49. The highest BCUT2D eigenvalue weighted by atomic mass is 32.2. The molecule has 2 unspecified atom stereocenters. The van der Waals surface area contributed by atoms with Crippen molar-refractivity contribution in [2.45, 2.75) is 29.0 Å². The van der Waals surface area contributed by atoms with E-state index >= 15 is 0 Å². The van der Waals surface area contributed by atoms with Gasteiger partial charge in [-0.05, 0) is 18.6 Å². The first kappa shape index (κ1) is 14.4. The third-order valence-corrected chi connectivity index (χ3v) is 5.23. The maximum absolute atomic E-state index is 6.19. The first-order valence-electron chi connectivity index (χ1n) is 6.08. The summed E-state index contributed by atoms with van der Waals surface area (Å²) in [5, 5.41) is 9.30. The Kier molecular flexibility index (Phi) is 4.84.